The fourth-order valence-corrected chi connectivity index (χ4v) is 3.27. The molecular formula is C22H35NO4. The van der Waals surface area contributed by atoms with Gasteiger partial charge in [-0.1, -0.05) is 12.1 Å². The van der Waals surface area contributed by atoms with Crippen LogP contribution in [0.25, 0.3) is 0 Å². The zero-order chi connectivity index (χ0) is 19.7. The Labute approximate surface area is 164 Å². The molecule has 1 fully saturated rings. The number of hydrogen-bond acceptors (Lipinski definition) is 4. The third-order valence-electron chi connectivity index (χ3n) is 4.52. The monoisotopic (exact) mass is 377 g/mol. The predicted molar refractivity (Wildman–Crippen MR) is 107 cm³/mol. The van der Waals surface area contributed by atoms with Crippen molar-refractivity contribution in [2.24, 2.45) is 5.92 Å². The number of carbonyl (C=O) groups is 1. The molecule has 152 valence electrons. The largest absolute Gasteiger partial charge is 0.494 e. The molecule has 0 N–H and O–H groups in total. The molecule has 5 heteroatoms. The molecule has 1 atom stereocenters. The van der Waals surface area contributed by atoms with Crippen LogP contribution in [0.5, 0.6) is 5.75 Å². The maximum atomic E-state index is 12.3. The number of piperidine rings is 1. The van der Waals surface area contributed by atoms with Gasteiger partial charge < -0.3 is 19.1 Å². The van der Waals surface area contributed by atoms with Crippen molar-refractivity contribution in [2.45, 2.75) is 59.0 Å². The van der Waals surface area contributed by atoms with Gasteiger partial charge >= 0.3 is 6.09 Å². The van der Waals surface area contributed by atoms with E-state index in [9.17, 15) is 4.79 Å². The van der Waals surface area contributed by atoms with E-state index in [0.717, 1.165) is 57.7 Å². The highest BCUT2D eigenvalue weighted by Gasteiger charge is 2.27. The zero-order valence-electron chi connectivity index (χ0n) is 17.3. The Kier molecular flexibility index (Phi) is 8.42. The normalized spacial score (nSPS) is 17.6. The molecule has 1 aromatic rings. The number of nitrogens with zero attached hydrogens (tertiary/aromatic N) is 1. The summed E-state index contributed by atoms with van der Waals surface area (Å²) >= 11 is 0. The third-order valence-corrected chi connectivity index (χ3v) is 4.52. The fourth-order valence-electron chi connectivity index (χ4n) is 3.27. The van der Waals surface area contributed by atoms with E-state index in [1.54, 1.807) is 0 Å². The lowest BCUT2D eigenvalue weighted by molar-refractivity contribution is 0.0166. The molecule has 1 heterocycles. The van der Waals surface area contributed by atoms with Crippen molar-refractivity contribution >= 4 is 6.09 Å². The van der Waals surface area contributed by atoms with E-state index in [-0.39, 0.29) is 6.09 Å². The SMILES string of the molecule is CCOCCCOc1ccc(C[C@H]2CCCN(C(=O)OC(C)(C)C)C2)cc1. The Morgan fingerprint density at radius 1 is 1.19 bits per heavy atom. The minimum Gasteiger partial charge on any atom is -0.494 e. The number of ether oxygens (including phenoxy) is 3. The molecule has 0 spiro atoms. The van der Waals surface area contributed by atoms with Crippen LogP contribution >= 0.6 is 0 Å². The summed E-state index contributed by atoms with van der Waals surface area (Å²) in [6.45, 7) is 11.5. The molecule has 0 bridgehead atoms. The molecule has 5 nitrogen and oxygen atoms in total. The number of rotatable bonds is 8. The number of benzene rings is 1. The Balaban J connectivity index is 1.78. The van der Waals surface area contributed by atoms with Crippen molar-refractivity contribution in [3.8, 4) is 5.75 Å². The van der Waals surface area contributed by atoms with Gasteiger partial charge in [0.05, 0.1) is 6.61 Å². The first-order chi connectivity index (χ1) is 12.9. The van der Waals surface area contributed by atoms with E-state index in [4.69, 9.17) is 14.2 Å². The zero-order valence-corrected chi connectivity index (χ0v) is 17.3. The summed E-state index contributed by atoms with van der Waals surface area (Å²) in [5.74, 6) is 1.37. The van der Waals surface area contributed by atoms with Crippen molar-refractivity contribution in [1.82, 2.24) is 4.90 Å². The second-order valence-electron chi connectivity index (χ2n) is 8.18. The lowest BCUT2D eigenvalue weighted by Crippen LogP contribution is -2.43. The summed E-state index contributed by atoms with van der Waals surface area (Å²) in [4.78, 5) is 14.2. The van der Waals surface area contributed by atoms with Crippen LogP contribution in [0.15, 0.2) is 24.3 Å². The van der Waals surface area contributed by atoms with Crippen molar-refractivity contribution in [1.29, 1.82) is 0 Å². The summed E-state index contributed by atoms with van der Waals surface area (Å²) in [5.41, 5.74) is 0.843. The summed E-state index contributed by atoms with van der Waals surface area (Å²) < 4.78 is 16.6. The second kappa shape index (κ2) is 10.5. The average molecular weight is 378 g/mol. The van der Waals surface area contributed by atoms with Crippen LogP contribution < -0.4 is 4.74 Å². The summed E-state index contributed by atoms with van der Waals surface area (Å²) in [5, 5.41) is 0. The first-order valence-corrected chi connectivity index (χ1v) is 10.1. The molecular weight excluding hydrogens is 342 g/mol. The van der Waals surface area contributed by atoms with Gasteiger partial charge in [-0.2, -0.15) is 0 Å². The van der Waals surface area contributed by atoms with Gasteiger partial charge in [-0.25, -0.2) is 4.79 Å². The fraction of sp³-hybridized carbons (Fsp3) is 0.682. The molecule has 0 saturated carbocycles. The maximum absolute atomic E-state index is 12.3. The Morgan fingerprint density at radius 3 is 2.59 bits per heavy atom. The summed E-state index contributed by atoms with van der Waals surface area (Å²) in [7, 11) is 0. The van der Waals surface area contributed by atoms with Crippen LogP contribution in [0.1, 0.15) is 52.5 Å². The average Bonchev–Trinajstić information content (AvgIpc) is 2.62. The van der Waals surface area contributed by atoms with E-state index in [0.29, 0.717) is 12.5 Å². The van der Waals surface area contributed by atoms with Gasteiger partial charge in [0.25, 0.3) is 0 Å². The first-order valence-electron chi connectivity index (χ1n) is 10.1. The molecule has 1 saturated heterocycles. The van der Waals surface area contributed by atoms with Crippen LogP contribution in [0.4, 0.5) is 4.79 Å². The van der Waals surface area contributed by atoms with Gasteiger partial charge in [0.15, 0.2) is 0 Å². The van der Waals surface area contributed by atoms with Gasteiger partial charge in [0.2, 0.25) is 0 Å². The standard InChI is InChI=1S/C22H35NO4/c1-5-25-14-7-15-26-20-11-9-18(10-12-20)16-19-8-6-13-23(17-19)21(24)27-22(2,3)4/h9-12,19H,5-8,13-17H2,1-4H3/t19-/m1/s1. The molecule has 1 amide bonds. The lowest BCUT2D eigenvalue weighted by atomic mass is 9.91. The van der Waals surface area contributed by atoms with Crippen molar-refractivity contribution in [3.05, 3.63) is 29.8 Å². The van der Waals surface area contributed by atoms with Crippen LogP contribution in [-0.4, -0.2) is 49.5 Å². The quantitative estimate of drug-likeness (QED) is 0.617. The Morgan fingerprint density at radius 2 is 1.93 bits per heavy atom. The molecule has 1 aliphatic heterocycles. The van der Waals surface area contributed by atoms with Crippen LogP contribution in [0, 0.1) is 5.92 Å². The number of carbonyl (C=O) groups excluding carboxylic acids is 1. The second-order valence-corrected chi connectivity index (χ2v) is 8.18. The van der Waals surface area contributed by atoms with Crippen molar-refractivity contribution in [2.75, 3.05) is 32.9 Å². The van der Waals surface area contributed by atoms with Gasteiger partial charge in [-0.05, 0) is 70.6 Å². The van der Waals surface area contributed by atoms with E-state index in [1.807, 2.05) is 44.7 Å². The van der Waals surface area contributed by atoms with Crippen LogP contribution in [0.2, 0.25) is 0 Å². The smallest absolute Gasteiger partial charge is 0.410 e. The van der Waals surface area contributed by atoms with Crippen LogP contribution in [0.3, 0.4) is 0 Å². The Hall–Kier alpha value is -1.75. The molecule has 27 heavy (non-hydrogen) atoms. The molecule has 1 aromatic carbocycles. The molecule has 0 aliphatic carbocycles. The highest BCUT2D eigenvalue weighted by molar-refractivity contribution is 5.68. The van der Waals surface area contributed by atoms with Crippen molar-refractivity contribution < 1.29 is 19.0 Å². The summed E-state index contributed by atoms with van der Waals surface area (Å²) in [6, 6.07) is 8.32. The molecule has 0 unspecified atom stereocenters. The maximum Gasteiger partial charge on any atom is 0.410 e. The highest BCUT2D eigenvalue weighted by Crippen LogP contribution is 2.23. The number of hydrogen-bond donors (Lipinski definition) is 0. The highest BCUT2D eigenvalue weighted by atomic mass is 16.6. The minimum absolute atomic E-state index is 0.192. The van der Waals surface area contributed by atoms with Gasteiger partial charge in [-0.15, -0.1) is 0 Å². The van der Waals surface area contributed by atoms with Crippen molar-refractivity contribution in [3.63, 3.8) is 0 Å². The van der Waals surface area contributed by atoms with E-state index < -0.39 is 5.60 Å². The minimum atomic E-state index is -0.442. The topological polar surface area (TPSA) is 48.0 Å². The predicted octanol–water partition coefficient (Wildman–Crippen LogP) is 4.68. The molecule has 2 rings (SSSR count). The molecule has 1 aliphatic rings. The number of amides is 1. The van der Waals surface area contributed by atoms with Gasteiger partial charge in [0.1, 0.15) is 11.4 Å². The van der Waals surface area contributed by atoms with E-state index in [2.05, 4.69) is 12.1 Å². The lowest BCUT2D eigenvalue weighted by Gasteiger charge is -2.34. The third kappa shape index (κ3) is 8.21. The van der Waals surface area contributed by atoms with Crippen LogP contribution in [-0.2, 0) is 15.9 Å². The molecule has 0 radical (unpaired) electrons. The summed E-state index contributed by atoms with van der Waals surface area (Å²) in [6.07, 6.45) is 3.87. The van der Waals surface area contributed by atoms with E-state index >= 15 is 0 Å². The first kappa shape index (κ1) is 21.5. The number of likely N-dealkylation sites (tertiary alicyclic amines) is 1. The Bertz CT molecular complexity index is 565. The molecule has 0 aromatic heterocycles. The van der Waals surface area contributed by atoms with Gasteiger partial charge in [0, 0.05) is 32.7 Å². The van der Waals surface area contributed by atoms with Gasteiger partial charge in [-0.3, -0.25) is 0 Å². The van der Waals surface area contributed by atoms with E-state index in [1.165, 1.54) is 5.56 Å².